The van der Waals surface area contributed by atoms with E-state index in [4.69, 9.17) is 0 Å². The number of hydrogen-bond acceptors (Lipinski definition) is 2. The predicted octanol–water partition coefficient (Wildman–Crippen LogP) is 3.99. The molecule has 5 heteroatoms. The van der Waals surface area contributed by atoms with Crippen LogP contribution in [0.4, 0.5) is 10.1 Å². The van der Waals surface area contributed by atoms with Crippen molar-refractivity contribution < 1.29 is 14.0 Å². The van der Waals surface area contributed by atoms with Crippen LogP contribution in [0.5, 0.6) is 0 Å². The minimum atomic E-state index is -0.340. The first kappa shape index (κ1) is 17.9. The third kappa shape index (κ3) is 5.02. The predicted molar refractivity (Wildman–Crippen MR) is 99.8 cm³/mol. The van der Waals surface area contributed by atoms with Gasteiger partial charge in [0.2, 0.25) is 11.8 Å². The summed E-state index contributed by atoms with van der Waals surface area (Å²) in [4.78, 5) is 25.8. The molecular weight excluding hydrogens is 331 g/mol. The topological polar surface area (TPSA) is 49.4 Å². The summed E-state index contributed by atoms with van der Waals surface area (Å²) in [5.41, 5.74) is 2.27. The molecule has 0 unspecified atom stereocenters. The van der Waals surface area contributed by atoms with Crippen molar-refractivity contribution in [1.29, 1.82) is 0 Å². The lowest BCUT2D eigenvalue weighted by Gasteiger charge is -2.26. The number of halogens is 1. The zero-order valence-corrected chi connectivity index (χ0v) is 14.5. The van der Waals surface area contributed by atoms with Crippen LogP contribution in [0.15, 0.2) is 54.6 Å². The highest BCUT2D eigenvalue weighted by molar-refractivity contribution is 6.01. The van der Waals surface area contributed by atoms with Crippen molar-refractivity contribution in [2.45, 2.75) is 25.8 Å². The third-order valence-corrected chi connectivity index (χ3v) is 4.27. The summed E-state index contributed by atoms with van der Waals surface area (Å²) < 4.78 is 13.1. The van der Waals surface area contributed by atoms with Crippen LogP contribution in [0.2, 0.25) is 0 Å². The number of carbonyl (C=O) groups excluding carboxylic acids is 2. The number of likely N-dealkylation sites (tertiary alicyclic amines) is 1. The Morgan fingerprint density at radius 2 is 2.00 bits per heavy atom. The Bertz CT molecular complexity index is 832. The van der Waals surface area contributed by atoms with Crippen molar-refractivity contribution in [3.05, 3.63) is 71.6 Å². The summed E-state index contributed by atoms with van der Waals surface area (Å²) in [6.07, 6.45) is 5.54. The highest BCUT2D eigenvalue weighted by Gasteiger charge is 2.17. The highest BCUT2D eigenvalue weighted by Crippen LogP contribution is 2.17. The van der Waals surface area contributed by atoms with Gasteiger partial charge in [0.15, 0.2) is 0 Å². The van der Waals surface area contributed by atoms with Crippen molar-refractivity contribution >= 4 is 23.6 Å². The van der Waals surface area contributed by atoms with Gasteiger partial charge in [0, 0.05) is 31.3 Å². The zero-order chi connectivity index (χ0) is 18.4. The Balaban J connectivity index is 1.61. The molecular formula is C21H21FN2O2. The van der Waals surface area contributed by atoms with Gasteiger partial charge in [0.1, 0.15) is 5.82 Å². The Labute approximate surface area is 152 Å². The van der Waals surface area contributed by atoms with Crippen LogP contribution >= 0.6 is 0 Å². The van der Waals surface area contributed by atoms with Gasteiger partial charge in [0.25, 0.3) is 0 Å². The van der Waals surface area contributed by atoms with Crippen LogP contribution in [-0.2, 0) is 16.1 Å². The standard InChI is InChI=1S/C21H21FN2O2/c22-18-7-3-5-16(13-18)10-11-20(25)23-19-8-4-6-17(14-19)15-24-12-2-1-9-21(24)26/h3-8,10-11,13-14H,1-2,9,12,15H2,(H,23,25)/b11-10+. The molecule has 0 bridgehead atoms. The van der Waals surface area contributed by atoms with Crippen LogP contribution < -0.4 is 5.32 Å². The fraction of sp³-hybridized carbons (Fsp3) is 0.238. The van der Waals surface area contributed by atoms with Crippen molar-refractivity contribution in [3.63, 3.8) is 0 Å². The molecule has 26 heavy (non-hydrogen) atoms. The minimum absolute atomic E-state index is 0.184. The van der Waals surface area contributed by atoms with E-state index in [-0.39, 0.29) is 17.6 Å². The number of piperidine rings is 1. The first-order valence-corrected chi connectivity index (χ1v) is 8.71. The molecule has 0 atom stereocenters. The van der Waals surface area contributed by atoms with Gasteiger partial charge in [-0.3, -0.25) is 9.59 Å². The third-order valence-electron chi connectivity index (χ3n) is 4.27. The molecule has 0 aliphatic carbocycles. The maximum atomic E-state index is 13.1. The summed E-state index contributed by atoms with van der Waals surface area (Å²) in [7, 11) is 0. The normalized spacial score (nSPS) is 14.7. The fourth-order valence-electron chi connectivity index (χ4n) is 2.96. The Hall–Kier alpha value is -2.95. The average Bonchev–Trinajstić information content (AvgIpc) is 2.62. The highest BCUT2D eigenvalue weighted by atomic mass is 19.1. The van der Waals surface area contributed by atoms with Crippen molar-refractivity contribution in [3.8, 4) is 0 Å². The first-order chi connectivity index (χ1) is 12.6. The van der Waals surface area contributed by atoms with E-state index in [0.29, 0.717) is 24.2 Å². The summed E-state index contributed by atoms with van der Waals surface area (Å²) in [5.74, 6) is -0.448. The Morgan fingerprint density at radius 3 is 2.81 bits per heavy atom. The van der Waals surface area contributed by atoms with E-state index in [1.165, 1.54) is 18.2 Å². The molecule has 1 fully saturated rings. The van der Waals surface area contributed by atoms with E-state index in [9.17, 15) is 14.0 Å². The molecule has 2 amide bonds. The molecule has 1 aliphatic rings. The number of nitrogens with one attached hydrogen (secondary N) is 1. The molecule has 4 nitrogen and oxygen atoms in total. The van der Waals surface area contributed by atoms with Crippen molar-refractivity contribution in [2.24, 2.45) is 0 Å². The quantitative estimate of drug-likeness (QED) is 0.827. The Kier molecular flexibility index (Phi) is 5.79. The van der Waals surface area contributed by atoms with Gasteiger partial charge < -0.3 is 10.2 Å². The van der Waals surface area contributed by atoms with E-state index in [2.05, 4.69) is 5.32 Å². The van der Waals surface area contributed by atoms with E-state index >= 15 is 0 Å². The molecule has 1 N–H and O–H groups in total. The van der Waals surface area contributed by atoms with Crippen LogP contribution in [0, 0.1) is 5.82 Å². The Morgan fingerprint density at radius 1 is 1.15 bits per heavy atom. The van der Waals surface area contributed by atoms with Crippen LogP contribution in [0.1, 0.15) is 30.4 Å². The van der Waals surface area contributed by atoms with Gasteiger partial charge in [-0.05, 0) is 54.3 Å². The number of carbonyl (C=O) groups is 2. The molecule has 3 rings (SSSR count). The van der Waals surface area contributed by atoms with Crippen LogP contribution in [0.3, 0.4) is 0 Å². The van der Waals surface area contributed by atoms with Gasteiger partial charge in [-0.1, -0.05) is 24.3 Å². The van der Waals surface area contributed by atoms with Crippen LogP contribution in [0.25, 0.3) is 6.08 Å². The number of amides is 2. The molecule has 134 valence electrons. The maximum Gasteiger partial charge on any atom is 0.248 e. The summed E-state index contributed by atoms with van der Waals surface area (Å²) in [5, 5.41) is 2.79. The van der Waals surface area contributed by atoms with Gasteiger partial charge >= 0.3 is 0 Å². The van der Waals surface area contributed by atoms with E-state index in [1.807, 2.05) is 23.1 Å². The molecule has 0 aromatic heterocycles. The summed E-state index contributed by atoms with van der Waals surface area (Å²) >= 11 is 0. The largest absolute Gasteiger partial charge is 0.338 e. The SMILES string of the molecule is O=C(/C=C/c1cccc(F)c1)Nc1cccc(CN2CCCCC2=O)c1. The molecule has 1 saturated heterocycles. The lowest BCUT2D eigenvalue weighted by molar-refractivity contribution is -0.133. The number of benzene rings is 2. The molecule has 1 heterocycles. The molecule has 1 aliphatic heterocycles. The second-order valence-electron chi connectivity index (χ2n) is 6.35. The van der Waals surface area contributed by atoms with E-state index < -0.39 is 0 Å². The fourth-order valence-corrected chi connectivity index (χ4v) is 2.96. The van der Waals surface area contributed by atoms with Gasteiger partial charge in [-0.2, -0.15) is 0 Å². The lowest BCUT2D eigenvalue weighted by Crippen LogP contribution is -2.34. The second kappa shape index (κ2) is 8.43. The number of anilines is 1. The molecule has 2 aromatic rings. The van der Waals surface area contributed by atoms with E-state index in [1.54, 1.807) is 24.3 Å². The molecule has 0 radical (unpaired) electrons. The summed E-state index contributed by atoms with van der Waals surface area (Å²) in [6.45, 7) is 1.34. The van der Waals surface area contributed by atoms with Crippen LogP contribution in [-0.4, -0.2) is 23.3 Å². The summed E-state index contributed by atoms with van der Waals surface area (Å²) in [6, 6.07) is 13.5. The van der Waals surface area contributed by atoms with Gasteiger partial charge in [0.05, 0.1) is 0 Å². The van der Waals surface area contributed by atoms with E-state index in [0.717, 1.165) is 24.9 Å². The molecule has 0 spiro atoms. The number of hydrogen-bond donors (Lipinski definition) is 1. The van der Waals surface area contributed by atoms with Crippen molar-refractivity contribution in [1.82, 2.24) is 4.90 Å². The second-order valence-corrected chi connectivity index (χ2v) is 6.35. The lowest BCUT2D eigenvalue weighted by atomic mass is 10.1. The average molecular weight is 352 g/mol. The van der Waals surface area contributed by atoms with Gasteiger partial charge in [-0.25, -0.2) is 4.39 Å². The maximum absolute atomic E-state index is 13.1. The zero-order valence-electron chi connectivity index (χ0n) is 14.5. The van der Waals surface area contributed by atoms with Gasteiger partial charge in [-0.15, -0.1) is 0 Å². The first-order valence-electron chi connectivity index (χ1n) is 8.71. The molecule has 0 saturated carbocycles. The number of rotatable bonds is 5. The monoisotopic (exact) mass is 352 g/mol. The minimum Gasteiger partial charge on any atom is -0.338 e. The smallest absolute Gasteiger partial charge is 0.248 e. The molecule has 2 aromatic carbocycles. The number of nitrogens with zero attached hydrogens (tertiary/aromatic N) is 1. The van der Waals surface area contributed by atoms with Crippen molar-refractivity contribution in [2.75, 3.05) is 11.9 Å².